The molecule has 2 nitrogen and oxygen atoms in total. The van der Waals surface area contributed by atoms with Gasteiger partial charge in [-0.2, -0.15) is 0 Å². The summed E-state index contributed by atoms with van der Waals surface area (Å²) in [6.45, 7) is 0. The average molecular weight is 617 g/mol. The molecule has 0 spiro atoms. The van der Waals surface area contributed by atoms with Gasteiger partial charge in [0.05, 0.1) is 11.7 Å². The van der Waals surface area contributed by atoms with Crippen molar-refractivity contribution in [1.82, 2.24) is 5.32 Å². The summed E-state index contributed by atoms with van der Waals surface area (Å²) in [6.07, 6.45) is 8.70. The maximum Gasteiger partial charge on any atom is 0.135 e. The van der Waals surface area contributed by atoms with Gasteiger partial charge in [-0.05, 0) is 50.2 Å². The third-order valence-electron chi connectivity index (χ3n) is 9.69. The Kier molecular flexibility index (Phi) is 5.84. The van der Waals surface area contributed by atoms with Crippen molar-refractivity contribution in [3.63, 3.8) is 0 Å². The van der Waals surface area contributed by atoms with E-state index in [9.17, 15) is 0 Å². The fourth-order valence-electron chi connectivity index (χ4n) is 7.53. The predicted molar refractivity (Wildman–Crippen MR) is 202 cm³/mol. The number of amidine groups is 1. The first kappa shape index (κ1) is 26.4. The molecule has 0 saturated carbocycles. The molecule has 220 valence electrons. The summed E-state index contributed by atoms with van der Waals surface area (Å²) in [7, 11) is 0. The van der Waals surface area contributed by atoms with Crippen LogP contribution in [0.5, 0.6) is 0 Å². The molecule has 47 heavy (non-hydrogen) atoms. The fourth-order valence-corrected chi connectivity index (χ4v) is 8.82. The lowest BCUT2D eigenvalue weighted by atomic mass is 9.89. The van der Waals surface area contributed by atoms with Gasteiger partial charge in [-0.3, -0.25) is 0 Å². The van der Waals surface area contributed by atoms with E-state index in [0.29, 0.717) is 0 Å². The van der Waals surface area contributed by atoms with Crippen molar-refractivity contribution in [2.45, 2.75) is 6.04 Å². The minimum absolute atomic E-state index is 0.0281. The van der Waals surface area contributed by atoms with E-state index in [1.54, 1.807) is 0 Å². The third kappa shape index (κ3) is 4.07. The summed E-state index contributed by atoms with van der Waals surface area (Å²) in [5.74, 6) is 0.911. The van der Waals surface area contributed by atoms with Gasteiger partial charge in [-0.15, -0.1) is 11.3 Å². The van der Waals surface area contributed by atoms with Crippen molar-refractivity contribution in [2.75, 3.05) is 0 Å². The Balaban J connectivity index is 1.27. The Morgan fingerprint density at radius 1 is 0.532 bits per heavy atom. The summed E-state index contributed by atoms with van der Waals surface area (Å²) in [5.41, 5.74) is 6.88. The molecule has 2 aliphatic rings. The number of allylic oxidation sites excluding steroid dienone is 2. The minimum atomic E-state index is 0.0281. The number of fused-ring (bicyclic) bond motifs is 11. The van der Waals surface area contributed by atoms with Crippen LogP contribution in [0.1, 0.15) is 11.1 Å². The van der Waals surface area contributed by atoms with Crippen LogP contribution in [0.4, 0.5) is 0 Å². The lowest BCUT2D eigenvalue weighted by Gasteiger charge is -2.28. The Bertz CT molecular complexity index is 2690. The smallest absolute Gasteiger partial charge is 0.135 e. The van der Waals surface area contributed by atoms with Gasteiger partial charge in [0.1, 0.15) is 5.84 Å². The van der Waals surface area contributed by atoms with Gasteiger partial charge in [0.15, 0.2) is 0 Å². The monoisotopic (exact) mass is 616 g/mol. The van der Waals surface area contributed by atoms with E-state index >= 15 is 0 Å². The molecular formula is C44H28N2S. The molecule has 0 saturated heterocycles. The topological polar surface area (TPSA) is 24.4 Å². The predicted octanol–water partition coefficient (Wildman–Crippen LogP) is 11.4. The summed E-state index contributed by atoms with van der Waals surface area (Å²) in [6, 6.07) is 48.4. The highest BCUT2D eigenvalue weighted by Gasteiger charge is 2.27. The average Bonchev–Trinajstić information content (AvgIpc) is 3.54. The van der Waals surface area contributed by atoms with E-state index in [1.807, 2.05) is 11.3 Å². The number of benzene rings is 7. The number of hydrogen-bond donors (Lipinski definition) is 1. The Hall–Kier alpha value is -5.77. The molecule has 1 aliphatic heterocycles. The van der Waals surface area contributed by atoms with Gasteiger partial charge >= 0.3 is 0 Å². The second-order valence-corrected chi connectivity index (χ2v) is 13.4. The molecule has 3 heteroatoms. The molecule has 0 bridgehead atoms. The van der Waals surface area contributed by atoms with Crippen LogP contribution in [0.25, 0.3) is 69.3 Å². The summed E-state index contributed by atoms with van der Waals surface area (Å²) in [5, 5.41) is 14.1. The first-order valence-corrected chi connectivity index (χ1v) is 16.9. The zero-order chi connectivity index (χ0) is 30.9. The standard InChI is InChI=1S/C44H28N2S/c1-2-12-27(13-3-1)28-22-24-29(25-23-28)42-34-18-8-10-20-38(34)45-44(46-42)37-26-36-32-16-5-4-14-30(32)31-15-6-7-17-33(31)40(36)43-41(37)35-19-9-11-21-39(35)47-43/h1-26,38H,(H,45,46). The molecule has 0 fully saturated rings. The molecule has 1 atom stereocenters. The molecule has 1 aromatic heterocycles. The summed E-state index contributed by atoms with van der Waals surface area (Å²) in [4.78, 5) is 5.50. The molecule has 0 radical (unpaired) electrons. The van der Waals surface area contributed by atoms with Gasteiger partial charge in [0.2, 0.25) is 0 Å². The summed E-state index contributed by atoms with van der Waals surface area (Å²) < 4.78 is 2.60. The molecule has 1 aliphatic carbocycles. The third-order valence-corrected chi connectivity index (χ3v) is 10.9. The molecule has 10 rings (SSSR count). The lowest BCUT2D eigenvalue weighted by Crippen LogP contribution is -2.39. The SMILES string of the molecule is C1=CC2=C(c3ccc(-c4ccccc4)cc3)N=C(c3cc4c5ccccc5c5ccccc5c4c4sc5ccccc5c34)NC2C=C1. The van der Waals surface area contributed by atoms with Gasteiger partial charge in [0, 0.05) is 42.3 Å². The molecule has 8 aromatic rings. The van der Waals surface area contributed by atoms with Gasteiger partial charge < -0.3 is 5.32 Å². The van der Waals surface area contributed by atoms with Crippen molar-refractivity contribution >= 4 is 75.4 Å². The number of hydrogen-bond acceptors (Lipinski definition) is 3. The van der Waals surface area contributed by atoms with E-state index in [-0.39, 0.29) is 6.04 Å². The summed E-state index contributed by atoms with van der Waals surface area (Å²) >= 11 is 1.89. The second kappa shape index (κ2) is 10.4. The van der Waals surface area contributed by atoms with Crippen LogP contribution in [-0.4, -0.2) is 11.9 Å². The van der Waals surface area contributed by atoms with Crippen LogP contribution in [-0.2, 0) is 0 Å². The number of rotatable bonds is 3. The van der Waals surface area contributed by atoms with Crippen molar-refractivity contribution in [3.8, 4) is 11.1 Å². The molecule has 2 heterocycles. The van der Waals surface area contributed by atoms with E-state index in [2.05, 4.69) is 163 Å². The molecular weight excluding hydrogens is 589 g/mol. The molecule has 1 unspecified atom stereocenters. The van der Waals surface area contributed by atoms with Gasteiger partial charge in [-0.25, -0.2) is 4.99 Å². The van der Waals surface area contributed by atoms with Gasteiger partial charge in [0.25, 0.3) is 0 Å². The Morgan fingerprint density at radius 3 is 1.94 bits per heavy atom. The van der Waals surface area contributed by atoms with Crippen LogP contribution >= 0.6 is 11.3 Å². The van der Waals surface area contributed by atoms with E-state index in [4.69, 9.17) is 4.99 Å². The maximum absolute atomic E-state index is 5.50. The highest BCUT2D eigenvalue weighted by atomic mass is 32.1. The largest absolute Gasteiger partial charge is 0.359 e. The van der Waals surface area contributed by atoms with Crippen molar-refractivity contribution in [1.29, 1.82) is 0 Å². The maximum atomic E-state index is 5.50. The van der Waals surface area contributed by atoms with Crippen LogP contribution in [0.3, 0.4) is 0 Å². The Labute approximate surface area is 276 Å². The quantitative estimate of drug-likeness (QED) is 0.196. The Morgan fingerprint density at radius 2 is 1.15 bits per heavy atom. The lowest BCUT2D eigenvalue weighted by molar-refractivity contribution is 0.831. The van der Waals surface area contributed by atoms with Crippen LogP contribution in [0, 0.1) is 0 Å². The number of nitrogens with one attached hydrogen (secondary N) is 1. The van der Waals surface area contributed by atoms with Crippen molar-refractivity contribution in [3.05, 3.63) is 174 Å². The highest BCUT2D eigenvalue weighted by molar-refractivity contribution is 7.27. The normalized spacial score (nSPS) is 15.9. The zero-order valence-corrected chi connectivity index (χ0v) is 26.3. The second-order valence-electron chi connectivity index (χ2n) is 12.3. The highest BCUT2D eigenvalue weighted by Crippen LogP contribution is 2.46. The first-order valence-electron chi connectivity index (χ1n) is 16.1. The van der Waals surface area contributed by atoms with Crippen LogP contribution in [0.15, 0.2) is 168 Å². The van der Waals surface area contributed by atoms with Gasteiger partial charge in [-0.1, -0.05) is 146 Å². The molecule has 1 N–H and O–H groups in total. The van der Waals surface area contributed by atoms with E-state index < -0.39 is 0 Å². The number of nitrogens with zero attached hydrogens (tertiary/aromatic N) is 1. The van der Waals surface area contributed by atoms with Crippen molar-refractivity contribution < 1.29 is 0 Å². The first-order chi connectivity index (χ1) is 23.3. The fraction of sp³-hybridized carbons (Fsp3) is 0.0227. The molecule has 7 aromatic carbocycles. The van der Waals surface area contributed by atoms with E-state index in [0.717, 1.165) is 22.7 Å². The van der Waals surface area contributed by atoms with Crippen molar-refractivity contribution in [2.24, 2.45) is 4.99 Å². The number of aliphatic imine (C=N–C) groups is 1. The minimum Gasteiger partial charge on any atom is -0.359 e. The van der Waals surface area contributed by atoms with E-state index in [1.165, 1.54) is 69.2 Å². The van der Waals surface area contributed by atoms with Crippen LogP contribution < -0.4 is 5.32 Å². The number of thiophene rings is 1. The van der Waals surface area contributed by atoms with Crippen LogP contribution in [0.2, 0.25) is 0 Å². The molecule has 0 amide bonds. The zero-order valence-electron chi connectivity index (χ0n) is 25.4.